The van der Waals surface area contributed by atoms with Crippen molar-refractivity contribution in [1.29, 1.82) is 0 Å². The fourth-order valence-corrected chi connectivity index (χ4v) is 3.84. The van der Waals surface area contributed by atoms with E-state index in [0.29, 0.717) is 16.8 Å². The van der Waals surface area contributed by atoms with Crippen LogP contribution < -0.4 is 5.73 Å². The van der Waals surface area contributed by atoms with Crippen LogP contribution in [0.1, 0.15) is 43.6 Å². The lowest BCUT2D eigenvalue weighted by atomic mass is 9.78. The van der Waals surface area contributed by atoms with Crippen LogP contribution >= 0.6 is 0 Å². The van der Waals surface area contributed by atoms with Gasteiger partial charge in [-0.1, -0.05) is 6.42 Å². The molecule has 2 aliphatic carbocycles. The summed E-state index contributed by atoms with van der Waals surface area (Å²) in [5.41, 5.74) is 7.26. The number of nitrogens with two attached hydrogens (primary N) is 1. The number of rotatable bonds is 4. The number of carbonyl (C=O) groups excluding carboxylic acids is 1. The van der Waals surface area contributed by atoms with Gasteiger partial charge in [-0.15, -0.1) is 0 Å². The highest BCUT2D eigenvalue weighted by atomic mass is 19.1. The van der Waals surface area contributed by atoms with Gasteiger partial charge in [-0.25, -0.2) is 13.2 Å². The summed E-state index contributed by atoms with van der Waals surface area (Å²) < 4.78 is 40.8. The van der Waals surface area contributed by atoms with Gasteiger partial charge in [0.1, 0.15) is 17.5 Å². The average Bonchev–Trinajstić information content (AvgIpc) is 3.40. The Labute approximate surface area is 171 Å². The van der Waals surface area contributed by atoms with E-state index in [4.69, 9.17) is 10.8 Å². The number of H-pyrrole nitrogens is 1. The number of aromatic amines is 1. The summed E-state index contributed by atoms with van der Waals surface area (Å²) in [5, 5.41) is 9.12. The molecule has 0 unspecified atom stereocenters. The monoisotopic (exact) mass is 416 g/mol. The standard InChI is InChI=1S/C18H14F3N.C5H9NO2/c19-12-6-4-11(5-7-12)17-16(10-2-1-3-10)14-8-13(20)9-15(21)18(14)22-17;6-4(8)5(3-7)1-2-5/h4-10,22H,1-3H2;7H,1-3H2,(H2,6,8). The molecular formula is C23H23F3N2O2. The van der Waals surface area contributed by atoms with E-state index in [2.05, 4.69) is 4.98 Å². The van der Waals surface area contributed by atoms with Crippen molar-refractivity contribution >= 4 is 16.8 Å². The summed E-state index contributed by atoms with van der Waals surface area (Å²) in [4.78, 5) is 13.5. The third-order valence-electron chi connectivity index (χ3n) is 6.19. The minimum absolute atomic E-state index is 0.0810. The van der Waals surface area contributed by atoms with Crippen molar-refractivity contribution < 1.29 is 23.1 Å². The summed E-state index contributed by atoms with van der Waals surface area (Å²) in [6, 6.07) is 8.35. The molecule has 0 atom stereocenters. The molecule has 7 heteroatoms. The van der Waals surface area contributed by atoms with Crippen LogP contribution in [0.15, 0.2) is 36.4 Å². The molecule has 2 fully saturated rings. The van der Waals surface area contributed by atoms with Crippen LogP contribution in [0.4, 0.5) is 13.2 Å². The molecule has 0 bridgehead atoms. The van der Waals surface area contributed by atoms with E-state index in [1.54, 1.807) is 12.1 Å². The predicted octanol–water partition coefficient (Wildman–Crippen LogP) is 4.76. The number of carbonyl (C=O) groups is 1. The zero-order chi connectivity index (χ0) is 21.5. The van der Waals surface area contributed by atoms with Gasteiger partial charge in [-0.2, -0.15) is 0 Å². The van der Waals surface area contributed by atoms with Crippen LogP contribution in [-0.4, -0.2) is 22.6 Å². The summed E-state index contributed by atoms with van der Waals surface area (Å²) in [6.45, 7) is -0.0810. The zero-order valence-electron chi connectivity index (χ0n) is 16.4. The average molecular weight is 416 g/mol. The lowest BCUT2D eigenvalue weighted by Crippen LogP contribution is -2.27. The van der Waals surface area contributed by atoms with Gasteiger partial charge in [0.25, 0.3) is 0 Å². The van der Waals surface area contributed by atoms with Crippen molar-refractivity contribution in [2.24, 2.45) is 11.1 Å². The minimum Gasteiger partial charge on any atom is -0.395 e. The summed E-state index contributed by atoms with van der Waals surface area (Å²) in [5.74, 6) is -1.54. The molecule has 4 nitrogen and oxygen atoms in total. The van der Waals surface area contributed by atoms with Gasteiger partial charge in [-0.3, -0.25) is 4.79 Å². The quantitative estimate of drug-likeness (QED) is 0.573. The third-order valence-corrected chi connectivity index (χ3v) is 6.19. The second-order valence-corrected chi connectivity index (χ2v) is 8.16. The van der Waals surface area contributed by atoms with Gasteiger partial charge in [0.05, 0.1) is 23.2 Å². The first kappa shape index (κ1) is 20.5. The molecule has 2 saturated carbocycles. The van der Waals surface area contributed by atoms with E-state index in [9.17, 15) is 18.0 Å². The molecule has 2 aliphatic rings. The fourth-order valence-electron chi connectivity index (χ4n) is 3.84. The molecule has 0 saturated heterocycles. The number of aromatic nitrogens is 1. The van der Waals surface area contributed by atoms with Crippen LogP contribution in [0.5, 0.6) is 0 Å². The van der Waals surface area contributed by atoms with Gasteiger partial charge < -0.3 is 15.8 Å². The maximum atomic E-state index is 14.1. The number of halogens is 3. The Kier molecular flexibility index (Phi) is 5.32. The molecule has 3 aromatic rings. The third kappa shape index (κ3) is 3.69. The number of primary amides is 1. The Morgan fingerprint density at radius 1 is 1.10 bits per heavy atom. The van der Waals surface area contributed by atoms with E-state index >= 15 is 0 Å². The lowest BCUT2D eigenvalue weighted by Gasteiger charge is -2.26. The van der Waals surface area contributed by atoms with Crippen molar-refractivity contribution in [3.63, 3.8) is 0 Å². The Morgan fingerprint density at radius 3 is 2.23 bits per heavy atom. The molecule has 2 aromatic carbocycles. The van der Waals surface area contributed by atoms with Crippen LogP contribution in [0.3, 0.4) is 0 Å². The molecule has 30 heavy (non-hydrogen) atoms. The fraction of sp³-hybridized carbons (Fsp3) is 0.348. The molecule has 0 spiro atoms. The van der Waals surface area contributed by atoms with Crippen LogP contribution in [0, 0.1) is 22.9 Å². The summed E-state index contributed by atoms with van der Waals surface area (Å²) in [6.07, 6.45) is 4.67. The number of nitrogens with one attached hydrogen (secondary N) is 1. The van der Waals surface area contributed by atoms with Crippen molar-refractivity contribution in [2.45, 2.75) is 38.0 Å². The highest BCUT2D eigenvalue weighted by Crippen LogP contribution is 2.45. The highest BCUT2D eigenvalue weighted by molar-refractivity contribution is 5.92. The first-order valence-electron chi connectivity index (χ1n) is 10.0. The van der Waals surface area contributed by atoms with E-state index in [0.717, 1.165) is 55.0 Å². The van der Waals surface area contributed by atoms with E-state index in [1.807, 2.05) is 0 Å². The van der Waals surface area contributed by atoms with Gasteiger partial charge in [0, 0.05) is 11.5 Å². The zero-order valence-corrected chi connectivity index (χ0v) is 16.4. The molecule has 4 N–H and O–H groups in total. The van der Waals surface area contributed by atoms with Crippen molar-refractivity contribution in [3.8, 4) is 11.3 Å². The maximum Gasteiger partial charge on any atom is 0.225 e. The maximum absolute atomic E-state index is 14.1. The van der Waals surface area contributed by atoms with Gasteiger partial charge in [0.15, 0.2) is 0 Å². The van der Waals surface area contributed by atoms with Crippen molar-refractivity contribution in [2.75, 3.05) is 6.61 Å². The number of benzene rings is 2. The van der Waals surface area contributed by atoms with Gasteiger partial charge in [0.2, 0.25) is 5.91 Å². The Balaban J connectivity index is 0.000000230. The summed E-state index contributed by atoms with van der Waals surface area (Å²) >= 11 is 0. The smallest absolute Gasteiger partial charge is 0.225 e. The number of aliphatic hydroxyl groups excluding tert-OH is 1. The SMILES string of the molecule is Fc1ccc(-c2[nH]c3c(F)cc(F)cc3c2C2CCC2)cc1.NC(=O)C1(CO)CC1. The molecule has 5 rings (SSSR count). The number of amides is 1. The molecule has 158 valence electrons. The van der Waals surface area contributed by atoms with E-state index in [-0.39, 0.29) is 18.3 Å². The van der Waals surface area contributed by atoms with Crippen LogP contribution in [-0.2, 0) is 4.79 Å². The normalized spacial score (nSPS) is 17.2. The van der Waals surface area contributed by atoms with E-state index < -0.39 is 17.0 Å². The molecule has 0 aliphatic heterocycles. The van der Waals surface area contributed by atoms with Crippen molar-refractivity contribution in [1.82, 2.24) is 4.98 Å². The summed E-state index contributed by atoms with van der Waals surface area (Å²) in [7, 11) is 0. The second-order valence-electron chi connectivity index (χ2n) is 8.16. The first-order valence-corrected chi connectivity index (χ1v) is 10.0. The minimum atomic E-state index is -0.594. The lowest BCUT2D eigenvalue weighted by molar-refractivity contribution is -0.124. The molecule has 1 amide bonds. The second kappa shape index (κ2) is 7.80. The van der Waals surface area contributed by atoms with Crippen LogP contribution in [0.2, 0.25) is 0 Å². The largest absolute Gasteiger partial charge is 0.395 e. The van der Waals surface area contributed by atoms with Gasteiger partial charge >= 0.3 is 0 Å². The highest BCUT2D eigenvalue weighted by Gasteiger charge is 2.47. The van der Waals surface area contributed by atoms with Gasteiger partial charge in [-0.05, 0) is 73.1 Å². The molecular weight excluding hydrogens is 393 g/mol. The number of hydrogen-bond acceptors (Lipinski definition) is 2. The van der Waals surface area contributed by atoms with E-state index in [1.165, 1.54) is 18.2 Å². The number of aliphatic hydroxyl groups is 1. The number of fused-ring (bicyclic) bond motifs is 1. The van der Waals surface area contributed by atoms with Crippen LogP contribution in [0.25, 0.3) is 22.2 Å². The molecule has 0 radical (unpaired) electrons. The topological polar surface area (TPSA) is 79.1 Å². The Bertz CT molecular complexity index is 1080. The predicted molar refractivity (Wildman–Crippen MR) is 108 cm³/mol. The molecule has 1 heterocycles. The Hall–Kier alpha value is -2.80. The Morgan fingerprint density at radius 2 is 1.77 bits per heavy atom. The molecule has 1 aromatic heterocycles. The van der Waals surface area contributed by atoms with Crippen molar-refractivity contribution in [3.05, 3.63) is 59.4 Å². The first-order chi connectivity index (χ1) is 14.3. The number of hydrogen-bond donors (Lipinski definition) is 3.